The van der Waals surface area contributed by atoms with E-state index in [9.17, 15) is 33.0 Å². The number of fused-ring (bicyclic) bond motifs is 5. The number of rotatable bonds is 31. The van der Waals surface area contributed by atoms with Crippen LogP contribution in [0.15, 0.2) is 135 Å². The van der Waals surface area contributed by atoms with E-state index in [4.69, 9.17) is 4.74 Å². The van der Waals surface area contributed by atoms with E-state index in [1.165, 1.54) is 77.7 Å². The molecule has 9 heterocycles. The first-order valence-electron chi connectivity index (χ1n) is 49.1. The summed E-state index contributed by atoms with van der Waals surface area (Å²) in [5.74, 6) is 1.95. The second-order valence-electron chi connectivity index (χ2n) is 47.2. The van der Waals surface area contributed by atoms with Crippen LogP contribution in [-0.2, 0) is 80.8 Å². The zero-order valence-electron chi connectivity index (χ0n) is 88.5. The number of piperidine rings is 1. The van der Waals surface area contributed by atoms with Crippen molar-refractivity contribution in [2.45, 2.75) is 155 Å². The minimum Gasteiger partial charge on any atom is -0.508 e. The fourth-order valence-corrected chi connectivity index (χ4v) is 21.2. The number of phenolic OH excluding ortho intramolecular Hbond substituents is 2. The molecule has 28 nitrogen and oxygen atoms in total. The standard InChI is InChI=1S/C22H38N5O2.C19H33N2O.C18H31N3O2S.C18H25N3O2.C16H22N5.C14H20N2O/c1-22(2)17-19(28)27(5,20(29)18-22)12-7-6-11-25(3)13-15-26(4,16-14-25)21-23-9-8-10-24-21;1-7-14-20(3,4)19(21(5,6)15-8-2)13-12-16-10-9-11-17(22)18(16)19;1-14-16(10-11-20(2,3)4)17-12-15(8-9-18(17)19-14)13-24(22,23)21(5,6)7;1-18(12-23-17(22)20-18)10-13-5-6-16-15(9-13)14(11-19-16)7-8-21(2,3)4;1-21(2,3)7-6-14-9-18-16-5-4-13(8-15(14)16)10-20-12-17-11-19-20;1-10-12(7-8-16(2,3)4)13-9-11(17)5-6-14(13)15-10/h8-10H,6-7,11-18H2,1-5H3;9-11H,7-8,12-15H2,1-6H3;8-9,12,19H,10-11,13H2,1-7H3;5-6,9,11,19H,7-8,10,12H2,1-4H3;4-5,8-9,11-12,18H,6-7,10H2,1-3H3;5-6,9,15H,7-8H2,1-4H3/q+3;+1;+2;;+1;/p+3. The van der Waals surface area contributed by atoms with Crippen LogP contribution in [0.4, 0.5) is 10.7 Å². The van der Waals surface area contributed by atoms with Gasteiger partial charge >= 0.3 is 33.9 Å². The quantitative estimate of drug-likeness (QED) is 0.00926. The average molecular weight is 1900 g/mol. The smallest absolute Gasteiger partial charge is 0.407 e. The number of aromatic hydroxyl groups is 2. The van der Waals surface area contributed by atoms with Gasteiger partial charge in [-0.2, -0.15) is 23.5 Å². The third-order valence-electron chi connectivity index (χ3n) is 28.7. The number of amides is 3. The molecule has 29 heteroatoms. The van der Waals surface area contributed by atoms with Gasteiger partial charge in [-0.15, -0.1) is 0 Å². The Morgan fingerprint density at radius 3 is 1.51 bits per heavy atom. The maximum atomic E-state index is 12.6. The number of benzene rings is 5. The number of nitrogens with zero attached hydrogens (tertiary/aromatic N) is 15. The van der Waals surface area contributed by atoms with Crippen LogP contribution in [0, 0.1) is 19.3 Å². The van der Waals surface area contributed by atoms with Gasteiger partial charge in [0.1, 0.15) is 68.3 Å². The highest BCUT2D eigenvalue weighted by Crippen LogP contribution is 2.53. The van der Waals surface area contributed by atoms with Crippen LogP contribution in [-0.4, -0.2) is 367 Å². The number of aryl methyl sites for hydroxylation is 3. The largest absolute Gasteiger partial charge is 0.508 e. The molecule has 0 spiro atoms. The number of ether oxygens (including phenoxy) is 1. The lowest BCUT2D eigenvalue weighted by atomic mass is 9.80. The zero-order valence-corrected chi connectivity index (χ0v) is 89.3. The highest BCUT2D eigenvalue weighted by molar-refractivity contribution is 7.85. The van der Waals surface area contributed by atoms with Crippen LogP contribution in [0.3, 0.4) is 0 Å². The van der Waals surface area contributed by atoms with E-state index in [1.54, 1.807) is 39.9 Å². The molecule has 744 valence electrons. The van der Waals surface area contributed by atoms with Crippen molar-refractivity contribution in [3.63, 3.8) is 0 Å². The second-order valence-corrected chi connectivity index (χ2v) is 49.8. The molecular formula is C107H172N20O8S+10. The van der Waals surface area contributed by atoms with Crippen molar-refractivity contribution in [3.8, 4) is 11.5 Å². The summed E-state index contributed by atoms with van der Waals surface area (Å²) >= 11 is 0. The van der Waals surface area contributed by atoms with Crippen molar-refractivity contribution in [3.05, 3.63) is 196 Å². The summed E-state index contributed by atoms with van der Waals surface area (Å²) in [5.41, 5.74) is 17.6. The van der Waals surface area contributed by atoms with Gasteiger partial charge in [0, 0.05) is 118 Å². The average Bonchev–Trinajstić information content (AvgIpc) is 1.52. The van der Waals surface area contributed by atoms with Crippen molar-refractivity contribution in [2.24, 2.45) is 5.41 Å². The van der Waals surface area contributed by atoms with Crippen molar-refractivity contribution in [1.82, 2.24) is 54.5 Å². The number of carbonyl (C=O) groups excluding carboxylic acids is 3. The Labute approximate surface area is 813 Å². The summed E-state index contributed by atoms with van der Waals surface area (Å²) in [4.78, 5) is 63.0. The molecule has 6 aromatic heterocycles. The number of H-pyrrole nitrogens is 4. The molecule has 4 aliphatic rings. The Balaban J connectivity index is 0.000000170. The fraction of sp³-hybridized carbons (Fsp3) is 0.561. The van der Waals surface area contributed by atoms with Crippen LogP contribution >= 0.6 is 0 Å². The lowest BCUT2D eigenvalue weighted by molar-refractivity contribution is -1.15. The number of sulfonamides is 1. The number of likely N-dealkylation sites (N-methyl/N-ethyl adjacent to an activating group) is 6. The highest BCUT2D eigenvalue weighted by atomic mass is 32.2. The monoisotopic (exact) mass is 1900 g/mol. The normalized spacial score (nSPS) is 19.0. The van der Waals surface area contributed by atoms with Crippen LogP contribution in [0.2, 0.25) is 0 Å². The molecular weight excluding hydrogens is 1730 g/mol. The number of aromatic nitrogens is 9. The van der Waals surface area contributed by atoms with Gasteiger partial charge in [-0.25, -0.2) is 32.4 Å². The summed E-state index contributed by atoms with van der Waals surface area (Å²) in [6.45, 7) is 28.5. The number of hydrogen-bond donors (Lipinski definition) is 7. The summed E-state index contributed by atoms with van der Waals surface area (Å²) in [6.07, 6.45) is 23.2. The third kappa shape index (κ3) is 27.9. The van der Waals surface area contributed by atoms with Gasteiger partial charge in [0.2, 0.25) is 0 Å². The number of unbranched alkanes of at least 4 members (excludes halogenated alkanes) is 1. The maximum absolute atomic E-state index is 12.6. The molecule has 0 saturated carbocycles. The minimum atomic E-state index is -3.24. The number of quaternary nitrogens is 10. The number of nitrogens with one attached hydrogen (secondary N) is 5. The highest BCUT2D eigenvalue weighted by Gasteiger charge is 2.63. The number of phenols is 2. The molecule has 7 N–H and O–H groups in total. The molecule has 3 fully saturated rings. The molecule has 5 aromatic carbocycles. The summed E-state index contributed by atoms with van der Waals surface area (Å²) in [5, 5.41) is 32.3. The molecule has 1 atom stereocenters. The molecule has 0 bridgehead atoms. The Bertz CT molecular complexity index is 5940. The molecule has 3 aliphatic heterocycles. The number of piperazine rings is 1. The van der Waals surface area contributed by atoms with E-state index in [-0.39, 0.29) is 48.6 Å². The third-order valence-corrected chi connectivity index (χ3v) is 31.1. The van der Waals surface area contributed by atoms with Crippen molar-refractivity contribution in [2.75, 3.05) is 240 Å². The first-order valence-corrected chi connectivity index (χ1v) is 50.7. The lowest BCUT2D eigenvalue weighted by Crippen LogP contribution is -2.71. The predicted molar refractivity (Wildman–Crippen MR) is 553 cm³/mol. The van der Waals surface area contributed by atoms with Crippen molar-refractivity contribution in [1.29, 1.82) is 0 Å². The Morgan fingerprint density at radius 1 is 0.544 bits per heavy atom. The van der Waals surface area contributed by atoms with Gasteiger partial charge in [0.05, 0.1) is 239 Å². The predicted octanol–water partition coefficient (Wildman–Crippen LogP) is 14.6. The number of alkyl carbamates (subject to hydrolysis) is 1. The van der Waals surface area contributed by atoms with Gasteiger partial charge in [-0.3, -0.25) is 13.4 Å². The molecule has 1 unspecified atom stereocenters. The van der Waals surface area contributed by atoms with E-state index < -0.39 is 10.0 Å². The van der Waals surface area contributed by atoms with Crippen molar-refractivity contribution < 1.29 is 77.5 Å². The summed E-state index contributed by atoms with van der Waals surface area (Å²) in [6, 6.07) is 32.4. The number of likely N-dealkylation sites (tertiary alicyclic amines) is 1. The topological polar surface area (TPSA) is 267 Å². The molecule has 3 amide bonds. The van der Waals surface area contributed by atoms with Crippen LogP contribution in [0.5, 0.6) is 11.5 Å². The van der Waals surface area contributed by atoms with Crippen LogP contribution < -0.4 is 9.80 Å². The van der Waals surface area contributed by atoms with Crippen LogP contribution in [0.25, 0.3) is 43.6 Å². The van der Waals surface area contributed by atoms with E-state index in [2.05, 4.69) is 255 Å². The molecule has 15 rings (SSSR count). The number of imide groups is 1. The SMILES string of the molecule is CC1(C)CC(=O)[N+](C)(CCCC[N+]2(C)CC[N+](C)(c3ncccn3)CC2)C(=O)C1.CC1(Cc2ccc3[nH]cc(CC[N+](C)(C)C)c3c2)COC(=O)N1.CCC[N+](C)(C)C1([N+](C)(C)CCC)CCc2cccc(O)c21.C[N+](C)(C)CCc1c[nH]c2ccc(Cn3cncn3)cc12.Cc1[nH]c2ccc(CS(=O)(=O)[N+](C)(C)C)cc2c1CC[N+](C)(C)C.Cc1[nH]c2ccc(O)cc2c1CC[N+](C)(C)C. The minimum absolute atomic E-state index is 0.00650. The van der Waals surface area contributed by atoms with Gasteiger partial charge in [0.15, 0.2) is 0 Å². The summed E-state index contributed by atoms with van der Waals surface area (Å²) < 4.78 is 39.2. The van der Waals surface area contributed by atoms with Crippen LogP contribution in [0.1, 0.15) is 141 Å². The van der Waals surface area contributed by atoms with Gasteiger partial charge in [-0.1, -0.05) is 58.0 Å². The zero-order chi connectivity index (χ0) is 100. The molecule has 3 saturated heterocycles. The molecule has 0 radical (unpaired) electrons. The number of hydrogen-bond acceptors (Lipinski definition) is 12. The van der Waals surface area contributed by atoms with Gasteiger partial charge in [-0.05, 0) is 163 Å². The van der Waals surface area contributed by atoms with Crippen molar-refractivity contribution >= 4 is 77.5 Å². The molecule has 11 aromatic rings. The fourth-order valence-electron chi connectivity index (χ4n) is 20.2. The van der Waals surface area contributed by atoms with E-state index in [0.717, 1.165) is 218 Å². The molecule has 1 aliphatic carbocycles. The first kappa shape index (κ1) is 108. The van der Waals surface area contributed by atoms with Gasteiger partial charge < -0.3 is 62.6 Å². The number of aromatic amines is 4. The number of carbonyl (C=O) groups is 3. The Hall–Kier alpha value is -9.76. The van der Waals surface area contributed by atoms with E-state index in [1.807, 2.05) is 93.4 Å². The second kappa shape index (κ2) is 42.9. The van der Waals surface area contributed by atoms with E-state index in [0.29, 0.717) is 37.5 Å². The first-order chi connectivity index (χ1) is 63.1. The van der Waals surface area contributed by atoms with Gasteiger partial charge in [0.25, 0.3) is 5.66 Å². The Kier molecular flexibility index (Phi) is 34.2. The molecule has 136 heavy (non-hydrogen) atoms. The lowest BCUT2D eigenvalue weighted by Gasteiger charge is -2.55. The van der Waals surface area contributed by atoms with E-state index >= 15 is 0 Å². The number of cyclic esters (lactones) is 1. The maximum Gasteiger partial charge on any atom is 0.407 e. The Morgan fingerprint density at radius 2 is 1.02 bits per heavy atom. The summed E-state index contributed by atoms with van der Waals surface area (Å²) in [7, 11) is 44.1.